The van der Waals surface area contributed by atoms with Gasteiger partial charge in [0.1, 0.15) is 18.2 Å². The fourth-order valence-electron chi connectivity index (χ4n) is 3.58. The molecule has 2 amide bonds. The second-order valence-corrected chi connectivity index (χ2v) is 6.74. The third-order valence-corrected chi connectivity index (χ3v) is 4.85. The summed E-state index contributed by atoms with van der Waals surface area (Å²) in [6.45, 7) is 0.376. The molecule has 0 radical (unpaired) electrons. The number of carbonyl (C=O) groups is 3. The Morgan fingerprint density at radius 3 is 2.41 bits per heavy atom. The van der Waals surface area contributed by atoms with Gasteiger partial charge in [-0.05, 0) is 25.0 Å². The quantitative estimate of drug-likeness (QED) is 0.832. The summed E-state index contributed by atoms with van der Waals surface area (Å²) in [5.74, 6) is -4.39. The molecule has 2 fully saturated rings. The first kappa shape index (κ1) is 19.2. The molecule has 1 atom stereocenters. The molecule has 1 aromatic carbocycles. The molecule has 2 aliphatic heterocycles. The molecular formula is C18H20F2N2O5. The topological polar surface area (TPSA) is 87.2 Å². The minimum Gasteiger partial charge on any atom is -0.480 e. The van der Waals surface area contributed by atoms with Gasteiger partial charge in [0.05, 0.1) is 5.92 Å². The number of halogens is 2. The predicted molar refractivity (Wildman–Crippen MR) is 90.0 cm³/mol. The molecule has 1 N–H and O–H groups in total. The van der Waals surface area contributed by atoms with E-state index in [1.54, 1.807) is 0 Å². The minimum absolute atomic E-state index is 0.0418. The van der Waals surface area contributed by atoms with Crippen molar-refractivity contribution in [3.63, 3.8) is 0 Å². The Morgan fingerprint density at radius 1 is 1.19 bits per heavy atom. The number of anilines is 1. The van der Waals surface area contributed by atoms with Crippen molar-refractivity contribution in [2.75, 3.05) is 31.2 Å². The summed E-state index contributed by atoms with van der Waals surface area (Å²) in [5, 5.41) is 9.16. The lowest BCUT2D eigenvalue weighted by atomic mass is 10.0. The summed E-state index contributed by atoms with van der Waals surface area (Å²) in [7, 11) is 0. The molecule has 3 rings (SSSR count). The number of amides is 2. The van der Waals surface area contributed by atoms with Gasteiger partial charge in [-0.2, -0.15) is 0 Å². The number of benzene rings is 1. The molecule has 1 aromatic rings. The molecule has 0 saturated carbocycles. The number of hydrogen-bond acceptors (Lipinski definition) is 4. The average molecular weight is 382 g/mol. The van der Waals surface area contributed by atoms with E-state index in [0.29, 0.717) is 32.1 Å². The normalized spacial score (nSPS) is 20.7. The number of carboxylic acids is 1. The third kappa shape index (κ3) is 4.41. The van der Waals surface area contributed by atoms with E-state index in [2.05, 4.69) is 0 Å². The molecule has 2 aliphatic rings. The SMILES string of the molecule is O=C(O)CN(C(=O)[C@@H]1CC(=O)N(c2cc(F)cc(F)c2)C1)C1CCOCC1. The number of rotatable bonds is 5. The van der Waals surface area contributed by atoms with Crippen LogP contribution >= 0.6 is 0 Å². The maximum atomic E-state index is 13.4. The van der Waals surface area contributed by atoms with E-state index in [-0.39, 0.29) is 24.7 Å². The van der Waals surface area contributed by atoms with Gasteiger partial charge in [0, 0.05) is 44.0 Å². The summed E-state index contributed by atoms with van der Waals surface area (Å²) < 4.78 is 32.2. The number of aliphatic carboxylic acids is 1. The van der Waals surface area contributed by atoms with Crippen LogP contribution < -0.4 is 4.90 Å². The Bertz CT molecular complexity index is 731. The molecule has 27 heavy (non-hydrogen) atoms. The number of carboxylic acid groups (broad SMARTS) is 1. The second kappa shape index (κ2) is 7.99. The molecule has 7 nitrogen and oxygen atoms in total. The van der Waals surface area contributed by atoms with E-state index in [0.717, 1.165) is 17.0 Å². The zero-order valence-corrected chi connectivity index (χ0v) is 14.6. The van der Waals surface area contributed by atoms with Gasteiger partial charge in [0.25, 0.3) is 0 Å². The lowest BCUT2D eigenvalue weighted by molar-refractivity contribution is -0.149. The average Bonchev–Trinajstić information content (AvgIpc) is 3.01. The molecule has 2 saturated heterocycles. The van der Waals surface area contributed by atoms with Crippen molar-refractivity contribution >= 4 is 23.5 Å². The highest BCUT2D eigenvalue weighted by Gasteiger charge is 2.40. The first-order valence-electron chi connectivity index (χ1n) is 8.71. The van der Waals surface area contributed by atoms with E-state index < -0.39 is 41.9 Å². The molecule has 2 heterocycles. The standard InChI is InChI=1S/C18H20F2N2O5/c19-12-6-13(20)8-15(7-12)21-9-11(5-16(21)23)18(26)22(10-17(24)25)14-1-3-27-4-2-14/h6-8,11,14H,1-5,9-10H2,(H,24,25)/t11-/m1/s1. The zero-order valence-electron chi connectivity index (χ0n) is 14.6. The first-order valence-corrected chi connectivity index (χ1v) is 8.71. The van der Waals surface area contributed by atoms with Crippen LogP contribution in [0.3, 0.4) is 0 Å². The van der Waals surface area contributed by atoms with E-state index >= 15 is 0 Å². The Hall–Kier alpha value is -2.55. The van der Waals surface area contributed by atoms with Crippen LogP contribution in [-0.2, 0) is 19.1 Å². The van der Waals surface area contributed by atoms with Gasteiger partial charge in [0.15, 0.2) is 0 Å². The summed E-state index contributed by atoms with van der Waals surface area (Å²) in [6.07, 6.45) is 0.924. The molecule has 9 heteroatoms. The van der Waals surface area contributed by atoms with Gasteiger partial charge in [-0.25, -0.2) is 8.78 Å². The maximum Gasteiger partial charge on any atom is 0.323 e. The van der Waals surface area contributed by atoms with Gasteiger partial charge in [0.2, 0.25) is 11.8 Å². The van der Waals surface area contributed by atoms with E-state index in [1.807, 2.05) is 0 Å². The minimum atomic E-state index is -1.14. The summed E-state index contributed by atoms with van der Waals surface area (Å²) in [6, 6.07) is 2.49. The molecule has 0 spiro atoms. The van der Waals surface area contributed by atoms with Gasteiger partial charge in [-0.1, -0.05) is 0 Å². The number of nitrogens with zero attached hydrogens (tertiary/aromatic N) is 2. The summed E-state index contributed by atoms with van der Waals surface area (Å²) in [5.41, 5.74) is 0.0450. The molecule has 0 aliphatic carbocycles. The molecule has 146 valence electrons. The van der Waals surface area contributed by atoms with E-state index in [1.165, 1.54) is 4.90 Å². The largest absolute Gasteiger partial charge is 0.480 e. The molecule has 0 unspecified atom stereocenters. The first-order chi connectivity index (χ1) is 12.8. The molecular weight excluding hydrogens is 362 g/mol. The van der Waals surface area contributed by atoms with Crippen LogP contribution in [-0.4, -0.2) is 60.1 Å². The summed E-state index contributed by atoms with van der Waals surface area (Å²) in [4.78, 5) is 38.9. The second-order valence-electron chi connectivity index (χ2n) is 6.74. The van der Waals surface area contributed by atoms with E-state index in [4.69, 9.17) is 9.84 Å². The smallest absolute Gasteiger partial charge is 0.323 e. The Balaban J connectivity index is 1.77. The van der Waals surface area contributed by atoms with Crippen molar-refractivity contribution in [2.45, 2.75) is 25.3 Å². The monoisotopic (exact) mass is 382 g/mol. The maximum absolute atomic E-state index is 13.4. The van der Waals surface area contributed by atoms with Gasteiger partial charge >= 0.3 is 5.97 Å². The number of hydrogen-bond donors (Lipinski definition) is 1. The Morgan fingerprint density at radius 2 is 1.81 bits per heavy atom. The highest BCUT2D eigenvalue weighted by atomic mass is 19.1. The highest BCUT2D eigenvalue weighted by Crippen LogP contribution is 2.29. The van der Waals surface area contributed by atoms with Crippen molar-refractivity contribution in [3.05, 3.63) is 29.8 Å². The lowest BCUT2D eigenvalue weighted by Gasteiger charge is -2.34. The molecule has 0 aromatic heterocycles. The van der Waals surface area contributed by atoms with Gasteiger partial charge in [-0.15, -0.1) is 0 Å². The van der Waals surface area contributed by atoms with Crippen molar-refractivity contribution in [2.24, 2.45) is 5.92 Å². The van der Waals surface area contributed by atoms with Gasteiger partial charge in [-0.3, -0.25) is 14.4 Å². The van der Waals surface area contributed by atoms with Crippen molar-refractivity contribution in [1.29, 1.82) is 0 Å². The van der Waals surface area contributed by atoms with Crippen LogP contribution in [0.4, 0.5) is 14.5 Å². The van der Waals surface area contributed by atoms with Crippen molar-refractivity contribution in [3.8, 4) is 0 Å². The number of carbonyl (C=O) groups excluding carboxylic acids is 2. The lowest BCUT2D eigenvalue weighted by Crippen LogP contribution is -2.48. The third-order valence-electron chi connectivity index (χ3n) is 4.85. The zero-order chi connectivity index (χ0) is 19.6. The summed E-state index contributed by atoms with van der Waals surface area (Å²) >= 11 is 0. The van der Waals surface area contributed by atoms with Crippen LogP contribution in [0.1, 0.15) is 19.3 Å². The van der Waals surface area contributed by atoms with Crippen LogP contribution in [0.15, 0.2) is 18.2 Å². The Labute approximate surface area is 154 Å². The van der Waals surface area contributed by atoms with Crippen LogP contribution in [0, 0.1) is 17.6 Å². The van der Waals surface area contributed by atoms with E-state index in [9.17, 15) is 23.2 Å². The highest BCUT2D eigenvalue weighted by molar-refractivity contribution is 6.00. The number of ether oxygens (including phenoxy) is 1. The molecule has 0 bridgehead atoms. The van der Waals surface area contributed by atoms with Crippen LogP contribution in [0.25, 0.3) is 0 Å². The van der Waals surface area contributed by atoms with Crippen LogP contribution in [0.5, 0.6) is 0 Å². The van der Waals surface area contributed by atoms with Gasteiger partial charge < -0.3 is 19.6 Å². The van der Waals surface area contributed by atoms with Crippen molar-refractivity contribution < 1.29 is 33.0 Å². The predicted octanol–water partition coefficient (Wildman–Crippen LogP) is 1.41. The Kier molecular flexibility index (Phi) is 5.69. The fourth-order valence-corrected chi connectivity index (χ4v) is 3.58. The van der Waals surface area contributed by atoms with Crippen molar-refractivity contribution in [1.82, 2.24) is 4.90 Å². The van der Waals surface area contributed by atoms with Crippen LogP contribution in [0.2, 0.25) is 0 Å². The fraction of sp³-hybridized carbons (Fsp3) is 0.500.